The molecule has 0 aromatic heterocycles. The summed E-state index contributed by atoms with van der Waals surface area (Å²) in [4.78, 5) is 20.7. The fraction of sp³-hybridized carbons (Fsp3) is 1.00. The van der Waals surface area contributed by atoms with E-state index in [4.69, 9.17) is 0 Å². The molecule has 0 spiro atoms. The molecule has 17 heteroatoms. The van der Waals surface area contributed by atoms with Gasteiger partial charge in [-0.25, -0.2) is 0 Å². The molecule has 2 atom stereocenters. The Morgan fingerprint density at radius 1 is 0.720 bits per heavy atom. The van der Waals surface area contributed by atoms with E-state index in [1.165, 1.54) is 13.8 Å². The van der Waals surface area contributed by atoms with Gasteiger partial charge in [0.1, 0.15) is 0 Å². The molecule has 0 aromatic rings. The summed E-state index contributed by atoms with van der Waals surface area (Å²) in [6, 6.07) is 0. The Kier molecular flexibility index (Phi) is 15.2. The van der Waals surface area contributed by atoms with Gasteiger partial charge in [0.15, 0.2) is 13.2 Å². The van der Waals surface area contributed by atoms with E-state index in [1.807, 2.05) is 0 Å². The average Bonchev–Trinajstić information content (AvgIpc) is 2.34. The minimum atomic E-state index is -4.76. The Hall–Kier alpha value is 0.306. The van der Waals surface area contributed by atoms with E-state index in [2.05, 4.69) is 18.1 Å². The summed E-state index contributed by atoms with van der Waals surface area (Å²) in [5.74, 6) is 0. The van der Waals surface area contributed by atoms with Crippen molar-refractivity contribution in [3.63, 3.8) is 0 Å². The van der Waals surface area contributed by atoms with Crippen LogP contribution in [0.3, 0.4) is 0 Å². The van der Waals surface area contributed by atoms with E-state index < -0.39 is 41.2 Å². The smallest absolute Gasteiger partial charge is 0.756 e. The summed E-state index contributed by atoms with van der Waals surface area (Å²) in [7, 11) is -9.52. The third-order valence-electron chi connectivity index (χ3n) is 1.35. The molecule has 0 bridgehead atoms. The van der Waals surface area contributed by atoms with Gasteiger partial charge < -0.3 is 27.9 Å². The van der Waals surface area contributed by atoms with Gasteiger partial charge >= 0.3 is 29.1 Å². The van der Waals surface area contributed by atoms with Crippen LogP contribution in [0.5, 0.6) is 0 Å². The Labute approximate surface area is 149 Å². The normalized spacial score (nSPS) is 16.7. The van der Waals surface area contributed by atoms with Crippen LogP contribution in [0.25, 0.3) is 0 Å². The summed E-state index contributed by atoms with van der Waals surface area (Å²) in [5.41, 5.74) is 0. The zero-order valence-electron chi connectivity index (χ0n) is 12.6. The molecule has 0 aliphatic rings. The van der Waals surface area contributed by atoms with Crippen molar-refractivity contribution < 1.29 is 80.1 Å². The van der Waals surface area contributed by atoms with Gasteiger partial charge in [-0.2, -0.15) is 26.3 Å². The zero-order chi connectivity index (χ0) is 19.7. The van der Waals surface area contributed by atoms with Gasteiger partial charge in [-0.1, -0.05) is 0 Å². The number of hydrogen-bond acceptors (Lipinski definition) is 8. The van der Waals surface area contributed by atoms with Crippen LogP contribution in [-0.4, -0.2) is 38.8 Å². The molecular weight excluding hydrogens is 459 g/mol. The van der Waals surface area contributed by atoms with Gasteiger partial charge in [-0.15, -0.1) is 0 Å². The number of alkyl halides is 6. The Morgan fingerprint density at radius 2 is 0.960 bits per heavy atom. The van der Waals surface area contributed by atoms with E-state index in [1.54, 1.807) is 0 Å². The van der Waals surface area contributed by atoms with Crippen molar-refractivity contribution >= 4 is 15.6 Å². The van der Waals surface area contributed by atoms with Gasteiger partial charge in [0.2, 0.25) is 0 Å². The summed E-state index contributed by atoms with van der Waals surface area (Å²) in [6.45, 7) is -1.57. The number of rotatable bonds is 8. The van der Waals surface area contributed by atoms with Crippen LogP contribution in [0.2, 0.25) is 0 Å². The van der Waals surface area contributed by atoms with Crippen molar-refractivity contribution in [2.24, 2.45) is 0 Å². The standard InChI is InChI=1S/2C4H8F3O4P.Co/c2*1-2-10-12(8,9)11-3-4(5,6)7;/h2*2-3H2,1H3,(H,8,9);/q;;+2/p-2. The molecule has 0 amide bonds. The zero-order valence-corrected chi connectivity index (χ0v) is 15.4. The van der Waals surface area contributed by atoms with Crippen molar-refractivity contribution in [3.05, 3.63) is 0 Å². The van der Waals surface area contributed by atoms with E-state index in [0.29, 0.717) is 0 Å². The third-order valence-corrected chi connectivity index (χ3v) is 3.39. The van der Waals surface area contributed by atoms with E-state index in [9.17, 15) is 45.3 Å². The van der Waals surface area contributed by atoms with Crippen LogP contribution in [-0.2, 0) is 44.0 Å². The molecule has 0 N–H and O–H groups in total. The van der Waals surface area contributed by atoms with Crippen LogP contribution in [0, 0.1) is 0 Å². The van der Waals surface area contributed by atoms with Gasteiger partial charge in [0.25, 0.3) is 15.6 Å². The topological polar surface area (TPSA) is 117 Å². The van der Waals surface area contributed by atoms with Gasteiger partial charge in [0, 0.05) is 0 Å². The molecule has 0 saturated heterocycles. The minimum absolute atomic E-state index is 0. The summed E-state index contributed by atoms with van der Waals surface area (Å²) in [6.07, 6.45) is -9.34. The largest absolute Gasteiger partial charge is 2.00 e. The Morgan fingerprint density at radius 3 is 1.12 bits per heavy atom. The third kappa shape index (κ3) is 24.3. The second-order valence-corrected chi connectivity index (χ2v) is 6.33. The molecule has 8 nitrogen and oxygen atoms in total. The first kappa shape index (κ1) is 30.0. The quantitative estimate of drug-likeness (QED) is 0.389. The number of hydrogen-bond donors (Lipinski definition) is 0. The van der Waals surface area contributed by atoms with Gasteiger partial charge in [-0.05, 0) is 13.8 Å². The monoisotopic (exact) mass is 473 g/mol. The van der Waals surface area contributed by atoms with E-state index in [-0.39, 0.29) is 30.0 Å². The molecule has 25 heavy (non-hydrogen) atoms. The second-order valence-electron chi connectivity index (χ2n) is 3.51. The first-order chi connectivity index (χ1) is 10.5. The Balaban J connectivity index is -0.000000372. The summed E-state index contributed by atoms with van der Waals surface area (Å²) < 4.78 is 104. The average molecular weight is 473 g/mol. The summed E-state index contributed by atoms with van der Waals surface area (Å²) >= 11 is 0. The van der Waals surface area contributed by atoms with Crippen LogP contribution in [0.1, 0.15) is 13.8 Å². The van der Waals surface area contributed by atoms with Gasteiger partial charge in [-0.3, -0.25) is 9.13 Å². The number of phosphoric acid groups is 2. The fourth-order valence-electron chi connectivity index (χ4n) is 0.695. The fourth-order valence-corrected chi connectivity index (χ4v) is 2.09. The van der Waals surface area contributed by atoms with E-state index in [0.717, 1.165) is 0 Å². The molecule has 0 heterocycles. The Bertz CT molecular complexity index is 405. The van der Waals surface area contributed by atoms with Crippen molar-refractivity contribution in [1.29, 1.82) is 0 Å². The summed E-state index contributed by atoms with van der Waals surface area (Å²) in [5, 5.41) is 0. The molecule has 0 saturated carbocycles. The van der Waals surface area contributed by atoms with E-state index >= 15 is 0 Å². The molecule has 0 aliphatic heterocycles. The molecule has 0 fully saturated rings. The van der Waals surface area contributed by atoms with Crippen molar-refractivity contribution in [3.8, 4) is 0 Å². The molecule has 0 rings (SSSR count). The molecular formula is C8H14CoF6O8P2. The second kappa shape index (κ2) is 12.7. The predicted molar refractivity (Wildman–Crippen MR) is 62.5 cm³/mol. The van der Waals surface area contributed by atoms with Crippen molar-refractivity contribution in [2.45, 2.75) is 26.2 Å². The predicted octanol–water partition coefficient (Wildman–Crippen LogP) is 2.14. The molecule has 0 aliphatic carbocycles. The maximum atomic E-state index is 11.4. The van der Waals surface area contributed by atoms with Crippen molar-refractivity contribution in [2.75, 3.05) is 26.4 Å². The number of phosphoric ester groups is 2. The van der Waals surface area contributed by atoms with Crippen LogP contribution < -0.4 is 9.79 Å². The molecule has 0 aromatic carbocycles. The molecule has 155 valence electrons. The van der Waals surface area contributed by atoms with Crippen molar-refractivity contribution in [1.82, 2.24) is 0 Å². The maximum absolute atomic E-state index is 11.4. The van der Waals surface area contributed by atoms with Crippen LogP contribution in [0.15, 0.2) is 0 Å². The first-order valence-electron chi connectivity index (χ1n) is 5.87. The minimum Gasteiger partial charge on any atom is -0.756 e. The molecule has 2 unspecified atom stereocenters. The van der Waals surface area contributed by atoms with Crippen LogP contribution >= 0.6 is 15.6 Å². The maximum Gasteiger partial charge on any atom is 2.00 e. The SMILES string of the molecule is CCOP(=O)([O-])OCC(F)(F)F.CCOP(=O)([O-])OCC(F)(F)F.[Co+2]. The van der Waals surface area contributed by atoms with Crippen LogP contribution in [0.4, 0.5) is 26.3 Å². The first-order valence-corrected chi connectivity index (χ1v) is 8.79. The molecule has 1 radical (unpaired) electrons. The number of halogens is 6. The van der Waals surface area contributed by atoms with Gasteiger partial charge in [0.05, 0.1) is 13.2 Å².